The number of ether oxygens (including phenoxy) is 3. The number of halogens is 2. The molecule has 6 aliphatic rings. The molecule has 0 saturated carbocycles. The quantitative estimate of drug-likeness (QED) is 0.0756. The fraction of sp³-hybridized carbons (Fsp3) is 0.231. The van der Waals surface area contributed by atoms with Crippen molar-refractivity contribution in [3.63, 3.8) is 0 Å². The summed E-state index contributed by atoms with van der Waals surface area (Å²) in [5, 5.41) is 102. The molecule has 8 amide bonds. The van der Waals surface area contributed by atoms with Gasteiger partial charge < -0.3 is 97.4 Å². The van der Waals surface area contributed by atoms with Gasteiger partial charge in [0.2, 0.25) is 53.0 Å². The Hall–Kier alpha value is -11.0. The van der Waals surface area contributed by atoms with Gasteiger partial charge in [-0.05, 0) is 145 Å². The molecular weight excluding hydrogens is 1270 g/mol. The molecule has 7 aromatic carbocycles. The second kappa shape index (κ2) is 26.3. The molecule has 29 heteroatoms. The van der Waals surface area contributed by atoms with Crippen molar-refractivity contribution in [2.75, 3.05) is 27.2 Å². The third-order valence-electron chi connectivity index (χ3n) is 15.8. The van der Waals surface area contributed by atoms with E-state index >= 15 is 24.0 Å². The van der Waals surface area contributed by atoms with Crippen LogP contribution >= 0.6 is 23.2 Å². The Labute approximate surface area is 543 Å². The number of nitrogens with zero attached hydrogens (tertiary/aromatic N) is 1. The van der Waals surface area contributed by atoms with Crippen molar-refractivity contribution in [2.24, 2.45) is 0 Å². The average molecular weight is 1330 g/mol. The van der Waals surface area contributed by atoms with Crippen LogP contribution in [0.2, 0.25) is 10.0 Å². The summed E-state index contributed by atoms with van der Waals surface area (Å²) in [6.45, 7) is 1.70. The normalized spacial score (nSPS) is 21.0. The number of fused-ring (bicyclic) bond motifs is 14. The zero-order valence-electron chi connectivity index (χ0n) is 49.7. The first-order valence-electron chi connectivity index (χ1n) is 29.0. The minimum atomic E-state index is -2.18. The number of amides is 8. The lowest BCUT2D eigenvalue weighted by atomic mass is 9.89. The number of phenolic OH excluding ortho intramolecular Hbond substituents is 6. The van der Waals surface area contributed by atoms with E-state index in [1.54, 1.807) is 0 Å². The maximum absolute atomic E-state index is 15.9. The number of carbonyl (C=O) groups excluding carboxylic acids is 8. The van der Waals surface area contributed by atoms with Crippen LogP contribution in [-0.2, 0) is 44.8 Å². The van der Waals surface area contributed by atoms with Crippen molar-refractivity contribution in [2.45, 2.75) is 68.2 Å². The van der Waals surface area contributed by atoms with Crippen molar-refractivity contribution < 1.29 is 88.3 Å². The lowest BCUT2D eigenvalue weighted by Crippen LogP contribution is -2.56. The van der Waals surface area contributed by atoms with Crippen LogP contribution < -0.4 is 56.7 Å². The van der Waals surface area contributed by atoms with E-state index in [9.17, 15) is 50.1 Å². The molecule has 13 rings (SSSR count). The van der Waals surface area contributed by atoms with Crippen LogP contribution in [-0.4, -0.2) is 127 Å². The first-order chi connectivity index (χ1) is 44.8. The monoisotopic (exact) mass is 1320 g/mol. The van der Waals surface area contributed by atoms with Gasteiger partial charge in [0.25, 0.3) is 0 Å². The highest BCUT2D eigenvalue weighted by atomic mass is 35.5. The predicted molar refractivity (Wildman–Crippen MR) is 333 cm³/mol. The third kappa shape index (κ3) is 13.5. The average Bonchev–Trinajstić information content (AvgIpc) is 0.779. The summed E-state index contributed by atoms with van der Waals surface area (Å²) >= 11 is 13.8. The molecule has 0 aliphatic carbocycles. The maximum atomic E-state index is 15.9. The Morgan fingerprint density at radius 2 is 1.15 bits per heavy atom. The van der Waals surface area contributed by atoms with Gasteiger partial charge in [-0.25, -0.2) is 0 Å². The first-order valence-corrected chi connectivity index (χ1v) is 29.8. The number of carbonyl (C=O) groups is 8. The molecule has 15 N–H and O–H groups in total. The number of benzene rings is 7. The minimum Gasteiger partial charge on any atom is -0.508 e. The maximum Gasteiger partial charge on any atom is 0.248 e. The molecule has 6 aliphatic heterocycles. The van der Waals surface area contributed by atoms with Crippen LogP contribution in [0.15, 0.2) is 115 Å². The summed E-state index contributed by atoms with van der Waals surface area (Å²) in [5.74, 6) is -14.5. The van der Waals surface area contributed by atoms with Gasteiger partial charge in [-0.15, -0.1) is 0 Å². The summed E-state index contributed by atoms with van der Waals surface area (Å²) in [4.78, 5) is 121. The Morgan fingerprint density at radius 1 is 0.553 bits per heavy atom. The molecule has 7 aromatic rings. The minimum absolute atomic E-state index is 0.0474. The van der Waals surface area contributed by atoms with Crippen molar-refractivity contribution in [1.29, 1.82) is 0 Å². The van der Waals surface area contributed by atoms with Crippen molar-refractivity contribution in [1.82, 2.24) is 47.4 Å². The lowest BCUT2D eigenvalue weighted by molar-refractivity contribution is -0.137. The standard InChI is InChI=1S/C65H59Cl2N9O18/c1-27(77)69-51-30-7-10-43(81)47(21-30)92-36-18-32(17-34(78)24-36)53-63(89)73-54-33-22-48(93-45-11-5-28(15-39(45)66)16-41(59(85)71-53)70-61(51)87)58(84)49(23-33)94-46-12-8-31(20-40(46)67)57(83)56-65(91)74-55(60(86)68-13-4-14-76(2)3)38-25-35(79)26-44(82)50(38)37-19-29(6-9-42(37)80)52(62(88)75-56)72-64(54)90/h5-12,15,17-26,41,51-57,78-84H,4,13-14,16H2,1-3H3,(H,68,86)(H,69,77)(H,70,87)(H,71,85)(H,72,90)(H,73,89)(H,74,91)(H,75,88)/t41-,51+,52-,53+,54-,55+,56+,57-/m1/s1/i69+1. The summed E-state index contributed by atoms with van der Waals surface area (Å²) in [5.41, 5.74) is -1.60. The highest BCUT2D eigenvalue weighted by Gasteiger charge is 2.42. The molecule has 94 heavy (non-hydrogen) atoms. The number of rotatable bonds is 6. The van der Waals surface area contributed by atoms with E-state index in [4.69, 9.17) is 37.4 Å². The van der Waals surface area contributed by atoms with Crippen LogP contribution in [0.5, 0.6) is 69.0 Å². The Bertz CT molecular complexity index is 4300. The van der Waals surface area contributed by atoms with E-state index in [1.807, 2.05) is 19.0 Å². The fourth-order valence-corrected chi connectivity index (χ4v) is 11.7. The number of phenols is 6. The molecule has 0 radical (unpaired) electrons. The number of nitrogens with one attached hydrogen (secondary N) is 8. The van der Waals surface area contributed by atoms with Gasteiger partial charge in [-0.3, -0.25) is 38.4 Å². The van der Waals surface area contributed by atoms with E-state index in [2.05, 4.69) is 42.5 Å². The van der Waals surface area contributed by atoms with E-state index in [1.165, 1.54) is 60.7 Å². The third-order valence-corrected chi connectivity index (χ3v) is 16.4. The zero-order chi connectivity index (χ0) is 67.1. The summed E-state index contributed by atoms with van der Waals surface area (Å²) in [6, 6.07) is 8.86. The predicted octanol–water partition coefficient (Wildman–Crippen LogP) is 5.15. The van der Waals surface area contributed by atoms with Gasteiger partial charge in [0.15, 0.2) is 23.0 Å². The van der Waals surface area contributed by atoms with Gasteiger partial charge in [0.05, 0.1) is 10.0 Å². The zero-order valence-corrected chi connectivity index (χ0v) is 51.3. The van der Waals surface area contributed by atoms with Gasteiger partial charge in [0.1, 0.15) is 88.6 Å². The number of hydrogen-bond acceptors (Lipinski definition) is 19. The highest BCUT2D eigenvalue weighted by Crippen LogP contribution is 2.48. The largest absolute Gasteiger partial charge is 0.508 e. The van der Waals surface area contributed by atoms with Crippen LogP contribution in [0, 0.1) is 0 Å². The topological polar surface area (TPSA) is 405 Å². The smallest absolute Gasteiger partial charge is 0.248 e. The molecule has 0 fully saturated rings. The number of hydrogen-bond donors (Lipinski definition) is 15. The fourth-order valence-electron chi connectivity index (χ4n) is 11.3. The van der Waals surface area contributed by atoms with E-state index in [-0.39, 0.29) is 96.1 Å². The van der Waals surface area contributed by atoms with Crippen LogP contribution in [0.1, 0.15) is 88.6 Å². The Kier molecular flexibility index (Phi) is 18.1. The molecule has 486 valence electrons. The highest BCUT2D eigenvalue weighted by molar-refractivity contribution is 6.32. The van der Waals surface area contributed by atoms with E-state index < -0.39 is 142 Å². The van der Waals surface area contributed by atoms with Crippen LogP contribution in [0.3, 0.4) is 0 Å². The molecule has 0 unspecified atom stereocenters. The van der Waals surface area contributed by atoms with Crippen LogP contribution in [0.4, 0.5) is 0 Å². The molecule has 8 atom stereocenters. The van der Waals surface area contributed by atoms with Crippen molar-refractivity contribution >= 4 is 70.5 Å². The second-order valence-electron chi connectivity index (χ2n) is 22.9. The molecule has 0 aromatic heterocycles. The van der Waals surface area contributed by atoms with E-state index in [0.29, 0.717) is 13.0 Å². The molecule has 27 nitrogen and oxygen atoms in total. The second-order valence-corrected chi connectivity index (χ2v) is 23.7. The number of aromatic hydroxyl groups is 6. The van der Waals surface area contributed by atoms with Gasteiger partial charge >= 0.3 is 0 Å². The van der Waals surface area contributed by atoms with Gasteiger partial charge in [0, 0.05) is 43.1 Å². The Balaban J connectivity index is 1.12. The molecule has 0 saturated heterocycles. The van der Waals surface area contributed by atoms with Gasteiger partial charge in [-0.2, -0.15) is 0 Å². The van der Waals surface area contributed by atoms with E-state index in [0.717, 1.165) is 61.5 Å². The number of aliphatic hydroxyl groups excluding tert-OH is 1. The summed E-state index contributed by atoms with van der Waals surface area (Å²) < 4.78 is 18.6. The van der Waals surface area contributed by atoms with Crippen LogP contribution in [0.25, 0.3) is 11.1 Å². The number of aliphatic hydroxyl groups is 1. The van der Waals surface area contributed by atoms with Gasteiger partial charge in [-0.1, -0.05) is 47.5 Å². The van der Waals surface area contributed by atoms with Crippen molar-refractivity contribution in [3.05, 3.63) is 164 Å². The SMILES string of the molecule is CC(=O)[15NH][C@@H]1C(=O)N[C@@H]2Cc3ccc(c(Cl)c3)Oc3cc4cc(c3O)Oc3ccc(cc3Cl)[C@@H](O)[C@@H]3NC(=O)[C@H](NC(=O)[C@@H]4NC(=O)[C@@H](NC2=O)c2cc(O)cc(c2)Oc2cc1ccc2O)c1ccc(O)c(c1)-c1c(O)cc(O)cc1[C@@H](C(=O)NCCCN(C)C)NC3=O. The lowest BCUT2D eigenvalue weighted by Gasteiger charge is -2.31. The molecular formula is C65H59Cl2N9O18. The Morgan fingerprint density at radius 3 is 1.82 bits per heavy atom. The first kappa shape index (κ1) is 64.5. The summed E-state index contributed by atoms with van der Waals surface area (Å²) in [6.07, 6.45) is -2.07. The molecule has 0 spiro atoms. The van der Waals surface area contributed by atoms with Crippen molar-refractivity contribution in [3.8, 4) is 80.1 Å². The summed E-state index contributed by atoms with van der Waals surface area (Å²) in [7, 11) is 3.62. The molecule has 6 heterocycles. The molecule has 17 bridgehead atoms.